The topological polar surface area (TPSA) is 56.1 Å². The van der Waals surface area contributed by atoms with Crippen LogP contribution in [0.2, 0.25) is 0 Å². The largest absolute Gasteiger partial charge is 0.395 e. The van der Waals surface area contributed by atoms with Gasteiger partial charge in [-0.25, -0.2) is 0 Å². The summed E-state index contributed by atoms with van der Waals surface area (Å²) in [6.45, 7) is 0.118. The molecule has 1 fully saturated rings. The third-order valence-electron chi connectivity index (χ3n) is 1.94. The molecule has 1 rings (SSSR count). The summed E-state index contributed by atoms with van der Waals surface area (Å²) in [5.41, 5.74) is -0.172. The predicted molar refractivity (Wildman–Crippen MR) is 35.5 cm³/mol. The van der Waals surface area contributed by atoms with Crippen molar-refractivity contribution in [1.29, 1.82) is 5.41 Å². The minimum absolute atomic E-state index is 0.118. The second-order valence-electron chi connectivity index (χ2n) is 2.56. The normalized spacial score (nSPS) is 21.1. The summed E-state index contributed by atoms with van der Waals surface area (Å²) in [5.74, 6) is 0.477. The Morgan fingerprint density at radius 2 is 2.33 bits per heavy atom. The van der Waals surface area contributed by atoms with Gasteiger partial charge >= 0.3 is 0 Å². The first kappa shape index (κ1) is 6.55. The monoisotopic (exact) mass is 128 g/mol. The van der Waals surface area contributed by atoms with E-state index in [1.807, 2.05) is 0 Å². The lowest BCUT2D eigenvalue weighted by Crippen LogP contribution is -2.30. The van der Waals surface area contributed by atoms with Gasteiger partial charge < -0.3 is 10.4 Å². The van der Waals surface area contributed by atoms with Crippen LogP contribution in [-0.2, 0) is 0 Å². The number of aliphatic hydroxyl groups excluding tert-OH is 1. The number of hydrogen-bond acceptors (Lipinski definition) is 2. The first-order valence-electron chi connectivity index (χ1n) is 3.13. The van der Waals surface area contributed by atoms with Gasteiger partial charge in [0, 0.05) is 7.05 Å². The molecule has 0 saturated heterocycles. The average Bonchev–Trinajstić information content (AvgIpc) is 2.66. The van der Waals surface area contributed by atoms with Crippen LogP contribution in [0.15, 0.2) is 0 Å². The first-order chi connectivity index (χ1) is 4.25. The van der Waals surface area contributed by atoms with Crippen molar-refractivity contribution in [2.75, 3.05) is 13.7 Å². The van der Waals surface area contributed by atoms with Crippen LogP contribution < -0.4 is 5.32 Å². The summed E-state index contributed by atoms with van der Waals surface area (Å²) in [7, 11) is 1.72. The quantitative estimate of drug-likeness (QED) is 0.361. The van der Waals surface area contributed by atoms with E-state index in [1.54, 1.807) is 7.05 Å². The molecular weight excluding hydrogens is 116 g/mol. The van der Waals surface area contributed by atoms with Crippen LogP contribution in [0, 0.1) is 10.8 Å². The SMILES string of the molecule is CNC(=N)C1(CO)CC1. The molecule has 0 bridgehead atoms. The fourth-order valence-corrected chi connectivity index (χ4v) is 0.903. The van der Waals surface area contributed by atoms with E-state index in [9.17, 15) is 0 Å². The van der Waals surface area contributed by atoms with Crippen molar-refractivity contribution in [2.24, 2.45) is 5.41 Å². The molecule has 3 heteroatoms. The molecular formula is C6H12N2O. The van der Waals surface area contributed by atoms with Gasteiger partial charge in [0.25, 0.3) is 0 Å². The molecule has 0 amide bonds. The van der Waals surface area contributed by atoms with Gasteiger partial charge in [-0.05, 0) is 12.8 Å². The summed E-state index contributed by atoms with van der Waals surface area (Å²) in [6.07, 6.45) is 1.92. The molecule has 0 unspecified atom stereocenters. The number of nitrogens with one attached hydrogen (secondary N) is 2. The zero-order chi connectivity index (χ0) is 6.91. The Kier molecular flexibility index (Phi) is 1.45. The average molecular weight is 128 g/mol. The summed E-state index contributed by atoms with van der Waals surface area (Å²) < 4.78 is 0. The third kappa shape index (κ3) is 0.920. The van der Waals surface area contributed by atoms with Crippen LogP contribution in [0.1, 0.15) is 12.8 Å². The fraction of sp³-hybridized carbons (Fsp3) is 0.833. The molecule has 9 heavy (non-hydrogen) atoms. The number of hydrogen-bond donors (Lipinski definition) is 3. The lowest BCUT2D eigenvalue weighted by atomic mass is 10.1. The molecule has 0 aliphatic heterocycles. The smallest absolute Gasteiger partial charge is 0.102 e. The van der Waals surface area contributed by atoms with E-state index in [0.717, 1.165) is 12.8 Å². The van der Waals surface area contributed by atoms with E-state index in [-0.39, 0.29) is 12.0 Å². The summed E-state index contributed by atoms with van der Waals surface area (Å²) in [5, 5.41) is 18.9. The number of amidine groups is 1. The Morgan fingerprint density at radius 3 is 2.44 bits per heavy atom. The van der Waals surface area contributed by atoms with Crippen LogP contribution in [0.25, 0.3) is 0 Å². The Hall–Kier alpha value is -0.570. The van der Waals surface area contributed by atoms with Crippen LogP contribution in [0.3, 0.4) is 0 Å². The second kappa shape index (κ2) is 1.99. The Labute approximate surface area is 54.6 Å². The van der Waals surface area contributed by atoms with E-state index in [2.05, 4.69) is 5.32 Å². The van der Waals surface area contributed by atoms with Gasteiger partial charge in [0.15, 0.2) is 0 Å². The maximum Gasteiger partial charge on any atom is 0.102 e. The van der Waals surface area contributed by atoms with Gasteiger partial charge in [-0.1, -0.05) is 0 Å². The summed E-state index contributed by atoms with van der Waals surface area (Å²) in [6, 6.07) is 0. The molecule has 1 aliphatic carbocycles. The van der Waals surface area contributed by atoms with Crippen molar-refractivity contribution in [3.05, 3.63) is 0 Å². The number of aliphatic hydroxyl groups is 1. The van der Waals surface area contributed by atoms with E-state index >= 15 is 0 Å². The van der Waals surface area contributed by atoms with Crippen molar-refractivity contribution in [1.82, 2.24) is 5.32 Å². The molecule has 0 atom stereocenters. The highest BCUT2D eigenvalue weighted by Gasteiger charge is 2.46. The van der Waals surface area contributed by atoms with E-state index in [0.29, 0.717) is 5.84 Å². The van der Waals surface area contributed by atoms with Gasteiger partial charge in [-0.3, -0.25) is 5.41 Å². The summed E-state index contributed by atoms with van der Waals surface area (Å²) in [4.78, 5) is 0. The van der Waals surface area contributed by atoms with Crippen LogP contribution in [-0.4, -0.2) is 24.6 Å². The molecule has 1 aliphatic rings. The molecule has 1 saturated carbocycles. The van der Waals surface area contributed by atoms with Crippen molar-refractivity contribution in [3.8, 4) is 0 Å². The Bertz CT molecular complexity index is 129. The fourth-order valence-electron chi connectivity index (χ4n) is 0.903. The van der Waals surface area contributed by atoms with Crippen LogP contribution in [0.5, 0.6) is 0 Å². The molecule has 3 N–H and O–H groups in total. The minimum Gasteiger partial charge on any atom is -0.395 e. The maximum absolute atomic E-state index is 8.78. The third-order valence-corrected chi connectivity index (χ3v) is 1.94. The highest BCUT2D eigenvalue weighted by molar-refractivity contribution is 5.87. The lowest BCUT2D eigenvalue weighted by molar-refractivity contribution is 0.249. The maximum atomic E-state index is 8.78. The van der Waals surface area contributed by atoms with E-state index in [1.165, 1.54) is 0 Å². The highest BCUT2D eigenvalue weighted by atomic mass is 16.3. The summed E-state index contributed by atoms with van der Waals surface area (Å²) >= 11 is 0. The first-order valence-corrected chi connectivity index (χ1v) is 3.13. The van der Waals surface area contributed by atoms with Crippen molar-refractivity contribution >= 4 is 5.84 Å². The van der Waals surface area contributed by atoms with Crippen molar-refractivity contribution in [3.63, 3.8) is 0 Å². The van der Waals surface area contributed by atoms with Gasteiger partial charge in [0.05, 0.1) is 12.0 Å². The second-order valence-corrected chi connectivity index (χ2v) is 2.56. The van der Waals surface area contributed by atoms with E-state index in [4.69, 9.17) is 10.5 Å². The molecule has 0 spiro atoms. The molecule has 3 nitrogen and oxygen atoms in total. The number of rotatable bonds is 2. The molecule has 0 aromatic rings. The Morgan fingerprint density at radius 1 is 1.78 bits per heavy atom. The van der Waals surface area contributed by atoms with E-state index < -0.39 is 0 Å². The highest BCUT2D eigenvalue weighted by Crippen LogP contribution is 2.45. The van der Waals surface area contributed by atoms with Gasteiger partial charge in [0.2, 0.25) is 0 Å². The van der Waals surface area contributed by atoms with Gasteiger partial charge in [-0.15, -0.1) is 0 Å². The minimum atomic E-state index is -0.172. The molecule has 0 aromatic heterocycles. The molecule has 0 heterocycles. The molecule has 0 aromatic carbocycles. The van der Waals surface area contributed by atoms with Gasteiger partial charge in [0.1, 0.15) is 5.84 Å². The van der Waals surface area contributed by atoms with Crippen LogP contribution in [0.4, 0.5) is 0 Å². The standard InChI is InChI=1S/C6H12N2O/c1-8-5(7)6(4-9)2-3-6/h9H,2-4H2,1H3,(H2,7,8). The molecule has 52 valence electrons. The lowest BCUT2D eigenvalue weighted by Gasteiger charge is -2.11. The predicted octanol–water partition coefficient (Wildman–Crippen LogP) is -0.0444. The van der Waals surface area contributed by atoms with Crippen LogP contribution >= 0.6 is 0 Å². The Balaban J connectivity index is 2.49. The van der Waals surface area contributed by atoms with Gasteiger partial charge in [-0.2, -0.15) is 0 Å². The van der Waals surface area contributed by atoms with Crippen molar-refractivity contribution in [2.45, 2.75) is 12.8 Å². The zero-order valence-corrected chi connectivity index (χ0v) is 5.57. The molecule has 0 radical (unpaired) electrons. The zero-order valence-electron chi connectivity index (χ0n) is 5.57. The van der Waals surface area contributed by atoms with Crippen molar-refractivity contribution < 1.29 is 5.11 Å².